The first kappa shape index (κ1) is 9.40. The molecule has 2 atom stereocenters. The molecule has 0 aromatic carbocycles. The molecule has 0 amide bonds. The summed E-state index contributed by atoms with van der Waals surface area (Å²) >= 11 is 0. The highest BCUT2D eigenvalue weighted by molar-refractivity contribution is 5.13. The normalized spacial score (nSPS) is 33.2. The molecule has 2 unspecified atom stereocenters. The third-order valence-corrected chi connectivity index (χ3v) is 3.91. The molecular weight excluding hydrogens is 186 g/mol. The van der Waals surface area contributed by atoms with Gasteiger partial charge in [-0.3, -0.25) is 0 Å². The predicted molar refractivity (Wildman–Crippen MR) is 59.6 cm³/mol. The van der Waals surface area contributed by atoms with Crippen molar-refractivity contribution in [3.63, 3.8) is 0 Å². The summed E-state index contributed by atoms with van der Waals surface area (Å²) in [5, 5.41) is 3.55. The van der Waals surface area contributed by atoms with E-state index in [0.717, 1.165) is 6.54 Å². The second-order valence-corrected chi connectivity index (χ2v) is 5.58. The van der Waals surface area contributed by atoms with E-state index in [9.17, 15) is 0 Å². The average molecular weight is 205 g/mol. The first-order valence-electron chi connectivity index (χ1n) is 5.93. The molecule has 3 heteroatoms. The van der Waals surface area contributed by atoms with Crippen molar-refractivity contribution < 1.29 is 0 Å². The predicted octanol–water partition coefficient (Wildman–Crippen LogP) is 2.28. The molecule has 15 heavy (non-hydrogen) atoms. The van der Waals surface area contributed by atoms with Crippen LogP contribution < -0.4 is 5.32 Å². The topological polar surface area (TPSA) is 29.9 Å². The summed E-state index contributed by atoms with van der Waals surface area (Å²) in [5.74, 6) is 0. The van der Waals surface area contributed by atoms with Crippen LogP contribution >= 0.6 is 0 Å². The Kier molecular flexibility index (Phi) is 1.93. The molecule has 0 spiro atoms. The molecule has 82 valence electrons. The average Bonchev–Trinajstić information content (AvgIpc) is 2.73. The third-order valence-electron chi connectivity index (χ3n) is 3.91. The van der Waals surface area contributed by atoms with E-state index in [1.807, 2.05) is 12.5 Å². The number of aromatic nitrogens is 2. The van der Waals surface area contributed by atoms with Crippen LogP contribution in [-0.2, 0) is 0 Å². The van der Waals surface area contributed by atoms with Crippen LogP contribution in [0.15, 0.2) is 12.5 Å². The molecule has 1 aromatic rings. The zero-order valence-electron chi connectivity index (χ0n) is 9.53. The van der Waals surface area contributed by atoms with Gasteiger partial charge >= 0.3 is 0 Å². The lowest BCUT2D eigenvalue weighted by Gasteiger charge is -2.15. The molecule has 1 saturated carbocycles. The summed E-state index contributed by atoms with van der Waals surface area (Å²) in [4.78, 5) is 4.32. The summed E-state index contributed by atoms with van der Waals surface area (Å²) in [5.41, 5.74) is 1.87. The van der Waals surface area contributed by atoms with E-state index in [-0.39, 0.29) is 0 Å². The first-order valence-corrected chi connectivity index (χ1v) is 5.93. The second-order valence-electron chi connectivity index (χ2n) is 5.58. The first-order chi connectivity index (χ1) is 7.18. The van der Waals surface area contributed by atoms with Gasteiger partial charge in [-0.05, 0) is 31.2 Å². The van der Waals surface area contributed by atoms with E-state index in [0.29, 0.717) is 17.5 Å². The van der Waals surface area contributed by atoms with Crippen LogP contribution in [0, 0.1) is 5.41 Å². The number of nitrogens with one attached hydrogen (secondary N) is 1. The van der Waals surface area contributed by atoms with Crippen LogP contribution in [-0.4, -0.2) is 16.1 Å². The second kappa shape index (κ2) is 3.08. The van der Waals surface area contributed by atoms with Crippen LogP contribution in [0.4, 0.5) is 0 Å². The van der Waals surface area contributed by atoms with Crippen molar-refractivity contribution >= 4 is 0 Å². The van der Waals surface area contributed by atoms with Crippen molar-refractivity contribution in [1.29, 1.82) is 0 Å². The van der Waals surface area contributed by atoms with E-state index in [1.165, 1.54) is 25.0 Å². The third kappa shape index (κ3) is 1.49. The van der Waals surface area contributed by atoms with E-state index in [2.05, 4.69) is 28.7 Å². The van der Waals surface area contributed by atoms with Crippen LogP contribution in [0.1, 0.15) is 50.9 Å². The van der Waals surface area contributed by atoms with Crippen LogP contribution in [0.25, 0.3) is 0 Å². The van der Waals surface area contributed by atoms with E-state index < -0.39 is 0 Å². The molecule has 1 aliphatic heterocycles. The zero-order chi connectivity index (χ0) is 10.5. The maximum Gasteiger partial charge on any atom is 0.0951 e. The molecule has 2 heterocycles. The van der Waals surface area contributed by atoms with Crippen molar-refractivity contribution in [3.8, 4) is 0 Å². The van der Waals surface area contributed by atoms with Crippen LogP contribution in [0.2, 0.25) is 0 Å². The molecule has 1 aliphatic carbocycles. The maximum atomic E-state index is 4.32. The SMILES string of the molecule is CC1(C)CC1n1cncc1C1CCCN1. The Bertz CT molecular complexity index is 341. The fourth-order valence-electron chi connectivity index (χ4n) is 2.70. The summed E-state index contributed by atoms with van der Waals surface area (Å²) in [6.07, 6.45) is 7.90. The Morgan fingerprint density at radius 2 is 2.33 bits per heavy atom. The van der Waals surface area contributed by atoms with Gasteiger partial charge in [-0.25, -0.2) is 4.98 Å². The van der Waals surface area contributed by atoms with Gasteiger partial charge in [0.05, 0.1) is 12.0 Å². The molecule has 0 radical (unpaired) electrons. The number of nitrogens with zero attached hydrogens (tertiary/aromatic N) is 2. The quantitative estimate of drug-likeness (QED) is 0.802. The van der Waals surface area contributed by atoms with Gasteiger partial charge in [0, 0.05) is 18.3 Å². The fraction of sp³-hybridized carbons (Fsp3) is 0.750. The molecule has 1 N–H and O–H groups in total. The summed E-state index contributed by atoms with van der Waals surface area (Å²) < 4.78 is 2.39. The molecule has 1 aromatic heterocycles. The molecule has 0 bridgehead atoms. The van der Waals surface area contributed by atoms with Crippen LogP contribution in [0.3, 0.4) is 0 Å². The zero-order valence-corrected chi connectivity index (χ0v) is 9.53. The summed E-state index contributed by atoms with van der Waals surface area (Å²) in [7, 11) is 0. The van der Waals surface area contributed by atoms with E-state index in [1.54, 1.807) is 0 Å². The van der Waals surface area contributed by atoms with Crippen molar-refractivity contribution in [1.82, 2.24) is 14.9 Å². The monoisotopic (exact) mass is 205 g/mol. The summed E-state index contributed by atoms with van der Waals surface area (Å²) in [6, 6.07) is 1.22. The van der Waals surface area contributed by atoms with Gasteiger partial charge in [-0.2, -0.15) is 0 Å². The van der Waals surface area contributed by atoms with E-state index in [4.69, 9.17) is 0 Å². The molecule has 3 nitrogen and oxygen atoms in total. The number of hydrogen-bond donors (Lipinski definition) is 1. The van der Waals surface area contributed by atoms with Gasteiger partial charge in [-0.1, -0.05) is 13.8 Å². The van der Waals surface area contributed by atoms with Crippen molar-refractivity contribution in [3.05, 3.63) is 18.2 Å². The Morgan fingerprint density at radius 1 is 1.53 bits per heavy atom. The molecular formula is C12H19N3. The van der Waals surface area contributed by atoms with Crippen LogP contribution in [0.5, 0.6) is 0 Å². The van der Waals surface area contributed by atoms with Crippen molar-refractivity contribution in [2.24, 2.45) is 5.41 Å². The van der Waals surface area contributed by atoms with Gasteiger partial charge in [0.2, 0.25) is 0 Å². The molecule has 2 aliphatic rings. The van der Waals surface area contributed by atoms with E-state index >= 15 is 0 Å². The number of imidazole rings is 1. The highest BCUT2D eigenvalue weighted by atomic mass is 15.2. The lowest BCUT2D eigenvalue weighted by atomic mass is 10.1. The minimum absolute atomic E-state index is 0.480. The lowest BCUT2D eigenvalue weighted by Crippen LogP contribution is -2.17. The maximum absolute atomic E-state index is 4.32. The Hall–Kier alpha value is -0.830. The highest BCUT2D eigenvalue weighted by Crippen LogP contribution is 2.56. The van der Waals surface area contributed by atoms with Gasteiger partial charge in [0.25, 0.3) is 0 Å². The Morgan fingerprint density at radius 3 is 2.93 bits per heavy atom. The molecule has 2 fully saturated rings. The molecule has 3 rings (SSSR count). The fourth-order valence-corrected chi connectivity index (χ4v) is 2.70. The van der Waals surface area contributed by atoms with Gasteiger partial charge in [-0.15, -0.1) is 0 Å². The highest BCUT2D eigenvalue weighted by Gasteiger charge is 2.48. The Balaban J connectivity index is 1.86. The number of hydrogen-bond acceptors (Lipinski definition) is 2. The minimum atomic E-state index is 0.480. The Labute approximate surface area is 90.9 Å². The number of rotatable bonds is 2. The standard InChI is InChI=1S/C12H19N3/c1-12(2)6-11(12)15-8-13-7-10(15)9-4-3-5-14-9/h7-9,11,14H,3-6H2,1-2H3. The molecule has 1 saturated heterocycles. The van der Waals surface area contributed by atoms with Gasteiger partial charge in [0.1, 0.15) is 0 Å². The lowest BCUT2D eigenvalue weighted by molar-refractivity contribution is 0.502. The smallest absolute Gasteiger partial charge is 0.0951 e. The summed E-state index contributed by atoms with van der Waals surface area (Å²) in [6.45, 7) is 5.83. The van der Waals surface area contributed by atoms with Gasteiger partial charge < -0.3 is 9.88 Å². The van der Waals surface area contributed by atoms with Crippen molar-refractivity contribution in [2.45, 2.75) is 45.2 Å². The minimum Gasteiger partial charge on any atom is -0.329 e. The van der Waals surface area contributed by atoms with Crippen molar-refractivity contribution in [2.75, 3.05) is 6.54 Å². The largest absolute Gasteiger partial charge is 0.329 e. The van der Waals surface area contributed by atoms with Gasteiger partial charge in [0.15, 0.2) is 0 Å².